The Bertz CT molecular complexity index is 1030. The molecule has 3 aromatic rings. The summed E-state index contributed by atoms with van der Waals surface area (Å²) in [7, 11) is 0. The third-order valence-electron chi connectivity index (χ3n) is 5.86. The van der Waals surface area contributed by atoms with E-state index in [2.05, 4.69) is 98.8 Å². The van der Waals surface area contributed by atoms with E-state index in [1.807, 2.05) is 0 Å². The van der Waals surface area contributed by atoms with Gasteiger partial charge in [0.1, 0.15) is 0 Å². The Hall–Kier alpha value is -1.27. The third kappa shape index (κ3) is 3.32. The van der Waals surface area contributed by atoms with Gasteiger partial charge in [0.25, 0.3) is 0 Å². The number of allylic oxidation sites excluding steroid dienone is 1. The van der Waals surface area contributed by atoms with Crippen molar-refractivity contribution in [3.63, 3.8) is 0 Å². The van der Waals surface area contributed by atoms with Gasteiger partial charge in [0, 0.05) is 0 Å². The summed E-state index contributed by atoms with van der Waals surface area (Å²) in [6, 6.07) is 27.2. The Morgan fingerprint density at radius 3 is 1.75 bits per heavy atom. The van der Waals surface area contributed by atoms with Gasteiger partial charge in [0.2, 0.25) is 0 Å². The van der Waals surface area contributed by atoms with Crippen molar-refractivity contribution in [2.75, 3.05) is 0 Å². The first-order chi connectivity index (χ1) is 12.8. The van der Waals surface area contributed by atoms with Crippen molar-refractivity contribution in [3.05, 3.63) is 101 Å². The summed E-state index contributed by atoms with van der Waals surface area (Å²) in [5.41, 5.74) is 9.05. The van der Waals surface area contributed by atoms with Gasteiger partial charge in [-0.05, 0) is 0 Å². The van der Waals surface area contributed by atoms with Crippen molar-refractivity contribution < 1.29 is 21.3 Å². The molecule has 0 radical (unpaired) electrons. The van der Waals surface area contributed by atoms with E-state index in [4.69, 9.17) is 0 Å². The van der Waals surface area contributed by atoms with Crippen molar-refractivity contribution in [1.29, 1.82) is 0 Å². The van der Waals surface area contributed by atoms with Crippen LogP contribution in [-0.4, -0.2) is 3.21 Å². The number of hydrogen-bond acceptors (Lipinski definition) is 0. The number of hydrogen-bond donors (Lipinski definition) is 0. The van der Waals surface area contributed by atoms with E-state index in [-0.39, 0.29) is 24.8 Å². The smallest absolute Gasteiger partial charge is 0.147 e. The largest absolute Gasteiger partial charge is 0.147 e. The second kappa shape index (κ2) is 8.62. The first-order valence-corrected chi connectivity index (χ1v) is 13.4. The fourth-order valence-corrected chi connectivity index (χ4v) is 13.7. The minimum atomic E-state index is -2.03. The fourth-order valence-electron chi connectivity index (χ4n) is 4.79. The summed E-state index contributed by atoms with van der Waals surface area (Å²) in [6.07, 6.45) is 4.87. The van der Waals surface area contributed by atoms with Crippen LogP contribution in [0.3, 0.4) is 0 Å². The number of rotatable bonds is 2. The summed E-state index contributed by atoms with van der Waals surface area (Å²) in [5, 5.41) is 0. The number of benzene rings is 3. The first kappa shape index (κ1) is 21.4. The second-order valence-corrected chi connectivity index (χ2v) is 15.2. The van der Waals surface area contributed by atoms with Crippen molar-refractivity contribution in [2.45, 2.75) is 21.1 Å². The predicted octanol–water partition coefficient (Wildman–Crippen LogP) is 7.20. The van der Waals surface area contributed by atoms with Crippen LogP contribution in [0.25, 0.3) is 17.2 Å². The van der Waals surface area contributed by atoms with Crippen molar-refractivity contribution in [3.8, 4) is 11.1 Å². The molecule has 0 saturated carbocycles. The minimum absolute atomic E-state index is 0. The molecule has 1 unspecified atom stereocenters. The van der Waals surface area contributed by atoms with Gasteiger partial charge in [-0.25, -0.2) is 0 Å². The van der Waals surface area contributed by atoms with Gasteiger partial charge < -0.3 is 0 Å². The van der Waals surface area contributed by atoms with E-state index in [0.29, 0.717) is 7.25 Å². The summed E-state index contributed by atoms with van der Waals surface area (Å²) in [6.45, 7) is 4.79. The Kier molecular flexibility index (Phi) is 6.60. The molecule has 28 heavy (non-hydrogen) atoms. The molecule has 0 N–H and O–H groups in total. The van der Waals surface area contributed by atoms with E-state index in [0.717, 1.165) is 0 Å². The molecule has 5 rings (SSSR count). The monoisotopic (exact) mass is 484 g/mol. The maximum atomic E-state index is 2.51. The standard InChI is InChI=1S/C13H9.C9H7.C3H6.2ClH.Zr/c1-3-7-12-10(5-1)9-11-6-2-4-8-13(11)12;1-2-5-9-7-3-6-8(9)4-1;1-3-2;;;/h1-9H;1-7H;1-2H3;2*1H;. The maximum absolute atomic E-state index is 2.51. The van der Waals surface area contributed by atoms with Crippen LogP contribution in [0.5, 0.6) is 0 Å². The fraction of sp³-hybridized carbons (Fsp3) is 0.160. The average molecular weight is 487 g/mol. The molecule has 2 aliphatic rings. The molecule has 0 amide bonds. The van der Waals surface area contributed by atoms with E-state index in [1.54, 1.807) is 19.9 Å². The van der Waals surface area contributed by atoms with Crippen molar-refractivity contribution in [1.82, 2.24) is 0 Å². The zero-order valence-electron chi connectivity index (χ0n) is 16.1. The van der Waals surface area contributed by atoms with Crippen LogP contribution in [0.15, 0.2) is 78.9 Å². The first-order valence-electron chi connectivity index (χ1n) is 9.38. The zero-order valence-corrected chi connectivity index (χ0v) is 20.1. The quantitative estimate of drug-likeness (QED) is 0.359. The van der Waals surface area contributed by atoms with Crippen molar-refractivity contribution in [2.24, 2.45) is 0 Å². The van der Waals surface area contributed by atoms with Crippen LogP contribution in [0.4, 0.5) is 0 Å². The molecule has 3 heteroatoms. The van der Waals surface area contributed by atoms with Crippen LogP contribution in [0.1, 0.15) is 43.4 Å². The molecule has 142 valence electrons. The summed E-state index contributed by atoms with van der Waals surface area (Å²) in [5.74, 6) is 0. The molecule has 0 bridgehead atoms. The zero-order chi connectivity index (χ0) is 17.7. The molecular weight excluding hydrogens is 462 g/mol. The molecule has 0 aromatic heterocycles. The van der Waals surface area contributed by atoms with Gasteiger partial charge >= 0.3 is 164 Å². The van der Waals surface area contributed by atoms with Crippen LogP contribution >= 0.6 is 24.8 Å². The summed E-state index contributed by atoms with van der Waals surface area (Å²) < 4.78 is 2.97. The molecular formula is C25H24Cl2Zr. The van der Waals surface area contributed by atoms with Gasteiger partial charge in [-0.2, -0.15) is 0 Å². The normalized spacial score (nSPS) is 15.7. The second-order valence-electron chi connectivity index (χ2n) is 7.53. The van der Waals surface area contributed by atoms with Gasteiger partial charge in [-0.15, -0.1) is 24.8 Å². The third-order valence-corrected chi connectivity index (χ3v) is 14.6. The van der Waals surface area contributed by atoms with Gasteiger partial charge in [0.05, 0.1) is 0 Å². The Morgan fingerprint density at radius 2 is 1.18 bits per heavy atom. The number of halogens is 2. The Morgan fingerprint density at radius 1 is 0.679 bits per heavy atom. The van der Waals surface area contributed by atoms with E-state index >= 15 is 0 Å². The molecule has 1 atom stereocenters. The van der Waals surface area contributed by atoms with Gasteiger partial charge in [0.15, 0.2) is 0 Å². The Balaban J connectivity index is 0.00000112. The predicted molar refractivity (Wildman–Crippen MR) is 123 cm³/mol. The van der Waals surface area contributed by atoms with Crippen LogP contribution in [0, 0.1) is 0 Å². The molecule has 0 heterocycles. The summed E-state index contributed by atoms with van der Waals surface area (Å²) >= 11 is -2.03. The average Bonchev–Trinajstić information content (AvgIpc) is 3.23. The topological polar surface area (TPSA) is 0 Å². The van der Waals surface area contributed by atoms with Gasteiger partial charge in [-0.3, -0.25) is 0 Å². The van der Waals surface area contributed by atoms with Gasteiger partial charge in [-0.1, -0.05) is 0 Å². The van der Waals surface area contributed by atoms with E-state index < -0.39 is 21.3 Å². The molecule has 0 saturated heterocycles. The Labute approximate surface area is 187 Å². The van der Waals surface area contributed by atoms with Crippen molar-refractivity contribution >= 4 is 34.1 Å². The van der Waals surface area contributed by atoms with E-state index in [9.17, 15) is 0 Å². The number of fused-ring (bicyclic) bond motifs is 4. The molecule has 0 fully saturated rings. The molecule has 0 spiro atoms. The molecule has 0 aliphatic heterocycles. The maximum Gasteiger partial charge on any atom is -0.147 e. The molecule has 2 aliphatic carbocycles. The minimum Gasteiger partial charge on any atom is -0.147 e. The van der Waals surface area contributed by atoms with Crippen LogP contribution < -0.4 is 0 Å². The molecule has 3 aromatic carbocycles. The molecule has 0 nitrogen and oxygen atoms in total. The summed E-state index contributed by atoms with van der Waals surface area (Å²) in [4.78, 5) is 0. The van der Waals surface area contributed by atoms with Crippen LogP contribution in [0.2, 0.25) is 0 Å². The SMILES string of the molecule is C[C](C)=[Zr]([CH]1C=Cc2ccccc21)[CH]1c2ccccc2-c2ccccc21.Cl.Cl. The van der Waals surface area contributed by atoms with E-state index in [1.165, 1.54) is 16.7 Å². The van der Waals surface area contributed by atoms with Crippen LogP contribution in [-0.2, 0) is 21.3 Å².